The maximum Gasteiger partial charge on any atom is 0.416 e. The number of nitrogens with two attached hydrogens (primary N) is 1. The van der Waals surface area contributed by atoms with Gasteiger partial charge in [0.1, 0.15) is 5.82 Å². The summed E-state index contributed by atoms with van der Waals surface area (Å²) in [5, 5.41) is 0. The topological polar surface area (TPSA) is 55.6 Å². The molecule has 1 unspecified atom stereocenters. The van der Waals surface area contributed by atoms with Crippen molar-refractivity contribution in [3.63, 3.8) is 0 Å². The number of ether oxygens (including phenoxy) is 1. The Bertz CT molecular complexity index is 883. The molecule has 2 aromatic rings. The number of nitrogens with zero attached hydrogens (tertiary/aromatic N) is 1. The van der Waals surface area contributed by atoms with Crippen LogP contribution in [0.1, 0.15) is 38.7 Å². The summed E-state index contributed by atoms with van der Waals surface area (Å²) in [7, 11) is 0. The van der Waals surface area contributed by atoms with Gasteiger partial charge in [-0.3, -0.25) is 9.69 Å². The van der Waals surface area contributed by atoms with E-state index in [4.69, 9.17) is 10.5 Å². The molecule has 1 aliphatic heterocycles. The van der Waals surface area contributed by atoms with Crippen molar-refractivity contribution < 1.29 is 27.1 Å². The molecular formula is C20H20F4N2O2. The first-order chi connectivity index (χ1) is 13.1. The van der Waals surface area contributed by atoms with Crippen LogP contribution in [0, 0.1) is 12.7 Å². The molecule has 0 bridgehead atoms. The van der Waals surface area contributed by atoms with Gasteiger partial charge in [-0.05, 0) is 47.9 Å². The molecule has 3 rings (SSSR count). The number of benzene rings is 2. The Hall–Kier alpha value is -2.45. The highest BCUT2D eigenvalue weighted by atomic mass is 19.4. The van der Waals surface area contributed by atoms with Gasteiger partial charge in [0.15, 0.2) is 0 Å². The van der Waals surface area contributed by atoms with E-state index in [0.29, 0.717) is 31.3 Å². The predicted molar refractivity (Wildman–Crippen MR) is 95.1 cm³/mol. The number of morpholine rings is 1. The number of primary amides is 1. The van der Waals surface area contributed by atoms with E-state index >= 15 is 0 Å². The molecule has 0 aromatic heterocycles. The van der Waals surface area contributed by atoms with E-state index in [1.165, 1.54) is 0 Å². The van der Waals surface area contributed by atoms with Gasteiger partial charge in [0.25, 0.3) is 0 Å². The lowest BCUT2D eigenvalue weighted by molar-refractivity contribution is -0.137. The van der Waals surface area contributed by atoms with E-state index in [-0.39, 0.29) is 18.2 Å². The van der Waals surface area contributed by atoms with Gasteiger partial charge in [0, 0.05) is 25.2 Å². The number of carbonyl (C=O) groups excluding carboxylic acids is 1. The molecule has 4 nitrogen and oxygen atoms in total. The van der Waals surface area contributed by atoms with Gasteiger partial charge >= 0.3 is 6.18 Å². The van der Waals surface area contributed by atoms with Crippen LogP contribution in [0.15, 0.2) is 36.4 Å². The molecule has 2 N–H and O–H groups in total. The van der Waals surface area contributed by atoms with Crippen molar-refractivity contribution in [1.82, 2.24) is 4.90 Å². The summed E-state index contributed by atoms with van der Waals surface area (Å²) in [6.45, 7) is 3.30. The van der Waals surface area contributed by atoms with Crippen LogP contribution in [0.4, 0.5) is 17.6 Å². The maximum atomic E-state index is 13.6. The van der Waals surface area contributed by atoms with Gasteiger partial charge in [-0.25, -0.2) is 4.39 Å². The normalized spacial score (nSPS) is 18.2. The van der Waals surface area contributed by atoms with E-state index in [0.717, 1.165) is 23.3 Å². The zero-order valence-corrected chi connectivity index (χ0v) is 15.2. The Labute approximate surface area is 159 Å². The molecule has 1 heterocycles. The summed E-state index contributed by atoms with van der Waals surface area (Å²) in [4.78, 5) is 13.3. The molecule has 28 heavy (non-hydrogen) atoms. The lowest BCUT2D eigenvalue weighted by atomic mass is 10.00. The Morgan fingerprint density at radius 2 is 2.00 bits per heavy atom. The first-order valence-corrected chi connectivity index (χ1v) is 8.74. The lowest BCUT2D eigenvalue weighted by Gasteiger charge is -2.33. The number of hydrogen-bond acceptors (Lipinski definition) is 3. The van der Waals surface area contributed by atoms with Gasteiger partial charge in [0.05, 0.1) is 18.3 Å². The summed E-state index contributed by atoms with van der Waals surface area (Å²) in [6.07, 6.45) is -4.89. The average molecular weight is 396 g/mol. The minimum atomic E-state index is -4.59. The van der Waals surface area contributed by atoms with Crippen LogP contribution in [-0.2, 0) is 17.5 Å². The summed E-state index contributed by atoms with van der Waals surface area (Å²) < 4.78 is 58.1. The Morgan fingerprint density at radius 1 is 1.25 bits per heavy atom. The van der Waals surface area contributed by atoms with Crippen molar-refractivity contribution in [2.45, 2.75) is 25.7 Å². The van der Waals surface area contributed by atoms with Crippen molar-refractivity contribution in [3.8, 4) is 0 Å². The minimum absolute atomic E-state index is 0.180. The zero-order chi connectivity index (χ0) is 20.5. The highest BCUT2D eigenvalue weighted by Crippen LogP contribution is 2.31. The Morgan fingerprint density at radius 3 is 2.64 bits per heavy atom. The molecule has 0 saturated carbocycles. The number of aryl methyl sites for hydroxylation is 1. The molecule has 1 aliphatic rings. The number of halogens is 4. The maximum absolute atomic E-state index is 13.6. The third-order valence-corrected chi connectivity index (χ3v) is 4.73. The van der Waals surface area contributed by atoms with E-state index < -0.39 is 23.5 Å². The zero-order valence-electron chi connectivity index (χ0n) is 15.2. The molecule has 1 saturated heterocycles. The summed E-state index contributed by atoms with van der Waals surface area (Å²) >= 11 is 0. The summed E-state index contributed by atoms with van der Waals surface area (Å²) in [5.41, 5.74) is 6.58. The third-order valence-electron chi connectivity index (χ3n) is 4.73. The Balaban J connectivity index is 1.75. The third kappa shape index (κ3) is 4.69. The highest BCUT2D eigenvalue weighted by Gasteiger charge is 2.31. The second-order valence-electron chi connectivity index (χ2n) is 6.88. The van der Waals surface area contributed by atoms with E-state index in [1.807, 2.05) is 11.0 Å². The molecule has 2 aromatic carbocycles. The van der Waals surface area contributed by atoms with Crippen LogP contribution in [0.25, 0.3) is 0 Å². The van der Waals surface area contributed by atoms with Crippen molar-refractivity contribution >= 4 is 5.91 Å². The smallest absolute Gasteiger partial charge is 0.371 e. The Kier molecular flexibility index (Phi) is 5.71. The fourth-order valence-electron chi connectivity index (χ4n) is 3.37. The first-order valence-electron chi connectivity index (χ1n) is 8.74. The van der Waals surface area contributed by atoms with Crippen LogP contribution >= 0.6 is 0 Å². The van der Waals surface area contributed by atoms with Crippen LogP contribution in [0.2, 0.25) is 0 Å². The molecule has 0 aliphatic carbocycles. The molecular weight excluding hydrogens is 376 g/mol. The van der Waals surface area contributed by atoms with Crippen molar-refractivity contribution in [2.75, 3.05) is 19.7 Å². The molecule has 1 amide bonds. The molecule has 0 radical (unpaired) electrons. The van der Waals surface area contributed by atoms with Gasteiger partial charge in [-0.15, -0.1) is 0 Å². The van der Waals surface area contributed by atoms with Crippen molar-refractivity contribution in [2.24, 2.45) is 5.73 Å². The SMILES string of the molecule is Cc1cc(C2CN(Cc3cc(F)cc(C(F)(F)F)c3)CCO2)ccc1C(N)=O. The van der Waals surface area contributed by atoms with Gasteiger partial charge in [-0.2, -0.15) is 13.2 Å². The predicted octanol–water partition coefficient (Wildman–Crippen LogP) is 3.83. The van der Waals surface area contributed by atoms with Gasteiger partial charge in [-0.1, -0.05) is 12.1 Å². The van der Waals surface area contributed by atoms with Crippen molar-refractivity contribution in [3.05, 3.63) is 70.0 Å². The number of rotatable bonds is 4. The molecule has 8 heteroatoms. The largest absolute Gasteiger partial charge is 0.416 e. The van der Waals surface area contributed by atoms with Gasteiger partial charge in [0.2, 0.25) is 5.91 Å². The number of hydrogen-bond donors (Lipinski definition) is 1. The van der Waals surface area contributed by atoms with Crippen LogP contribution < -0.4 is 5.73 Å². The van der Waals surface area contributed by atoms with E-state index in [2.05, 4.69) is 0 Å². The first kappa shape index (κ1) is 20.3. The molecule has 0 spiro atoms. The number of carbonyl (C=O) groups is 1. The summed E-state index contributed by atoms with van der Waals surface area (Å²) in [5.74, 6) is -1.42. The second-order valence-corrected chi connectivity index (χ2v) is 6.88. The highest BCUT2D eigenvalue weighted by molar-refractivity contribution is 5.94. The average Bonchev–Trinajstić information content (AvgIpc) is 2.60. The van der Waals surface area contributed by atoms with Gasteiger partial charge < -0.3 is 10.5 Å². The summed E-state index contributed by atoms with van der Waals surface area (Å²) in [6, 6.07) is 7.79. The van der Waals surface area contributed by atoms with Crippen LogP contribution in [0.5, 0.6) is 0 Å². The fraction of sp³-hybridized carbons (Fsp3) is 0.350. The quantitative estimate of drug-likeness (QED) is 0.800. The molecule has 1 fully saturated rings. The van der Waals surface area contributed by atoms with Crippen LogP contribution in [0.3, 0.4) is 0 Å². The fourth-order valence-corrected chi connectivity index (χ4v) is 3.37. The molecule has 1 atom stereocenters. The number of amides is 1. The lowest BCUT2D eigenvalue weighted by Crippen LogP contribution is -2.38. The van der Waals surface area contributed by atoms with E-state index in [1.54, 1.807) is 19.1 Å². The van der Waals surface area contributed by atoms with Crippen molar-refractivity contribution in [1.29, 1.82) is 0 Å². The van der Waals surface area contributed by atoms with E-state index in [9.17, 15) is 22.4 Å². The van der Waals surface area contributed by atoms with Crippen LogP contribution in [-0.4, -0.2) is 30.5 Å². The minimum Gasteiger partial charge on any atom is -0.371 e. The molecule has 150 valence electrons. The number of alkyl halides is 3. The monoisotopic (exact) mass is 396 g/mol. The standard InChI is InChI=1S/C20H20F4N2O2/c1-12-6-14(2-3-17(12)19(25)27)18-11-26(4-5-28-18)10-13-7-15(20(22,23)24)9-16(21)8-13/h2-3,6-9,18H,4-5,10-11H2,1H3,(H2,25,27). The second kappa shape index (κ2) is 7.89.